The minimum absolute atomic E-state index is 0.388. The Balaban J connectivity index is 2.66. The van der Waals surface area contributed by atoms with Crippen LogP contribution in [-0.4, -0.2) is 0 Å². The standard InChI is InChI=1S/C10H15NS/c1-2-6-10(11-12)9-7-4-3-5-8-9/h3-5,7-8,10-12H,2,6H2,1H3. The van der Waals surface area contributed by atoms with E-state index in [4.69, 9.17) is 0 Å². The second kappa shape index (κ2) is 5.22. The summed E-state index contributed by atoms with van der Waals surface area (Å²) < 4.78 is 3.01. The first kappa shape index (κ1) is 9.62. The highest BCUT2D eigenvalue weighted by atomic mass is 32.1. The maximum absolute atomic E-state index is 4.11. The molecule has 1 nitrogen and oxygen atoms in total. The van der Waals surface area contributed by atoms with Gasteiger partial charge in [0.1, 0.15) is 0 Å². The molecule has 12 heavy (non-hydrogen) atoms. The smallest absolute Gasteiger partial charge is 0.0419 e. The zero-order valence-corrected chi connectivity index (χ0v) is 8.22. The van der Waals surface area contributed by atoms with Crippen molar-refractivity contribution in [3.63, 3.8) is 0 Å². The van der Waals surface area contributed by atoms with Gasteiger partial charge in [-0.2, -0.15) is 0 Å². The number of hydrogen-bond donors (Lipinski definition) is 2. The van der Waals surface area contributed by atoms with Crippen molar-refractivity contribution in [2.45, 2.75) is 25.8 Å². The number of hydrogen-bond acceptors (Lipinski definition) is 2. The number of nitrogens with one attached hydrogen (secondary N) is 1. The lowest BCUT2D eigenvalue weighted by Gasteiger charge is -2.14. The van der Waals surface area contributed by atoms with Crippen LogP contribution in [0.1, 0.15) is 31.4 Å². The molecule has 66 valence electrons. The third kappa shape index (κ3) is 2.54. The topological polar surface area (TPSA) is 12.0 Å². The second-order valence-electron chi connectivity index (χ2n) is 2.88. The first-order valence-electron chi connectivity index (χ1n) is 4.33. The van der Waals surface area contributed by atoms with Crippen LogP contribution in [0.5, 0.6) is 0 Å². The molecule has 0 saturated carbocycles. The molecular formula is C10H15NS. The second-order valence-corrected chi connectivity index (χ2v) is 3.14. The summed E-state index contributed by atoms with van der Waals surface area (Å²) in [5.41, 5.74) is 1.31. The summed E-state index contributed by atoms with van der Waals surface area (Å²) in [5, 5.41) is 0. The van der Waals surface area contributed by atoms with E-state index in [1.807, 2.05) is 6.07 Å². The molecule has 0 aromatic heterocycles. The highest BCUT2D eigenvalue weighted by Crippen LogP contribution is 2.17. The van der Waals surface area contributed by atoms with Crippen molar-refractivity contribution in [1.29, 1.82) is 0 Å². The maximum Gasteiger partial charge on any atom is 0.0419 e. The van der Waals surface area contributed by atoms with E-state index >= 15 is 0 Å². The fraction of sp³-hybridized carbons (Fsp3) is 0.400. The molecule has 2 heteroatoms. The minimum atomic E-state index is 0.388. The molecule has 0 heterocycles. The Kier molecular flexibility index (Phi) is 4.19. The first-order valence-corrected chi connectivity index (χ1v) is 4.77. The number of benzene rings is 1. The van der Waals surface area contributed by atoms with Crippen LogP contribution in [0.2, 0.25) is 0 Å². The maximum atomic E-state index is 4.11. The SMILES string of the molecule is CCCC(NS)c1ccccc1. The number of rotatable bonds is 4. The first-order chi connectivity index (χ1) is 5.88. The fourth-order valence-electron chi connectivity index (χ4n) is 1.28. The average Bonchev–Trinajstić information content (AvgIpc) is 2.15. The van der Waals surface area contributed by atoms with E-state index < -0.39 is 0 Å². The summed E-state index contributed by atoms with van der Waals surface area (Å²) in [6, 6.07) is 10.8. The van der Waals surface area contributed by atoms with Crippen LogP contribution >= 0.6 is 12.8 Å². The Morgan fingerprint density at radius 3 is 2.50 bits per heavy atom. The molecule has 1 atom stereocenters. The molecule has 0 amide bonds. The van der Waals surface area contributed by atoms with Gasteiger partial charge in [0.2, 0.25) is 0 Å². The predicted molar refractivity (Wildman–Crippen MR) is 56.2 cm³/mol. The zero-order chi connectivity index (χ0) is 8.81. The molecule has 0 saturated heterocycles. The van der Waals surface area contributed by atoms with Crippen LogP contribution < -0.4 is 4.72 Å². The largest absolute Gasteiger partial charge is 0.259 e. The summed E-state index contributed by atoms with van der Waals surface area (Å²) in [4.78, 5) is 0. The van der Waals surface area contributed by atoms with E-state index in [2.05, 4.69) is 48.7 Å². The van der Waals surface area contributed by atoms with Gasteiger partial charge in [0.05, 0.1) is 0 Å². The van der Waals surface area contributed by atoms with Gasteiger partial charge in [0.15, 0.2) is 0 Å². The Hall–Kier alpha value is -0.470. The van der Waals surface area contributed by atoms with Gasteiger partial charge in [-0.15, -0.1) is 0 Å². The molecule has 1 aromatic carbocycles. The van der Waals surface area contributed by atoms with Gasteiger partial charge in [0.25, 0.3) is 0 Å². The minimum Gasteiger partial charge on any atom is -0.259 e. The summed E-state index contributed by atoms with van der Waals surface area (Å²) in [7, 11) is 0. The van der Waals surface area contributed by atoms with Crippen molar-refractivity contribution in [3.05, 3.63) is 35.9 Å². The third-order valence-electron chi connectivity index (χ3n) is 1.94. The Bertz CT molecular complexity index is 210. The lowest BCUT2D eigenvalue weighted by molar-refractivity contribution is 0.605. The summed E-state index contributed by atoms with van der Waals surface area (Å²) in [6.45, 7) is 2.18. The summed E-state index contributed by atoms with van der Waals surface area (Å²) in [6.07, 6.45) is 2.31. The van der Waals surface area contributed by atoms with Gasteiger partial charge in [-0.1, -0.05) is 56.5 Å². The van der Waals surface area contributed by atoms with Crippen LogP contribution in [0.25, 0.3) is 0 Å². The highest BCUT2D eigenvalue weighted by molar-refractivity contribution is 7.78. The molecule has 1 rings (SSSR count). The third-order valence-corrected chi connectivity index (χ3v) is 2.25. The van der Waals surface area contributed by atoms with Gasteiger partial charge in [-0.3, -0.25) is 4.72 Å². The van der Waals surface area contributed by atoms with Crippen LogP contribution in [0.3, 0.4) is 0 Å². The van der Waals surface area contributed by atoms with E-state index in [1.54, 1.807) is 0 Å². The molecule has 1 N–H and O–H groups in total. The molecule has 0 aliphatic rings. The highest BCUT2D eigenvalue weighted by Gasteiger charge is 2.06. The normalized spacial score (nSPS) is 12.8. The Morgan fingerprint density at radius 2 is 2.00 bits per heavy atom. The molecule has 0 aliphatic heterocycles. The molecule has 0 fully saturated rings. The van der Waals surface area contributed by atoms with Crippen molar-refractivity contribution in [3.8, 4) is 0 Å². The predicted octanol–water partition coefficient (Wildman–Crippen LogP) is 2.96. The summed E-state index contributed by atoms with van der Waals surface area (Å²) >= 11 is 4.11. The van der Waals surface area contributed by atoms with Gasteiger partial charge >= 0.3 is 0 Å². The molecule has 1 aromatic rings. The molecule has 0 radical (unpaired) electrons. The molecule has 0 spiro atoms. The van der Waals surface area contributed by atoms with E-state index in [-0.39, 0.29) is 0 Å². The van der Waals surface area contributed by atoms with Crippen molar-refractivity contribution in [2.75, 3.05) is 0 Å². The van der Waals surface area contributed by atoms with Gasteiger partial charge in [-0.05, 0) is 12.0 Å². The lowest BCUT2D eigenvalue weighted by Crippen LogP contribution is -2.10. The van der Waals surface area contributed by atoms with Crippen LogP contribution in [-0.2, 0) is 0 Å². The van der Waals surface area contributed by atoms with E-state index in [9.17, 15) is 0 Å². The van der Waals surface area contributed by atoms with Crippen molar-refractivity contribution in [2.24, 2.45) is 0 Å². The molecular weight excluding hydrogens is 166 g/mol. The van der Waals surface area contributed by atoms with Crippen LogP contribution in [0, 0.1) is 0 Å². The monoisotopic (exact) mass is 181 g/mol. The Morgan fingerprint density at radius 1 is 1.33 bits per heavy atom. The van der Waals surface area contributed by atoms with Crippen LogP contribution in [0.4, 0.5) is 0 Å². The van der Waals surface area contributed by atoms with E-state index in [0.29, 0.717) is 6.04 Å². The zero-order valence-electron chi connectivity index (χ0n) is 7.33. The van der Waals surface area contributed by atoms with E-state index in [0.717, 1.165) is 6.42 Å². The van der Waals surface area contributed by atoms with Crippen LogP contribution in [0.15, 0.2) is 30.3 Å². The molecule has 0 aliphatic carbocycles. The van der Waals surface area contributed by atoms with Gasteiger partial charge in [0, 0.05) is 6.04 Å². The Labute approximate surface area is 79.7 Å². The van der Waals surface area contributed by atoms with Crippen molar-refractivity contribution < 1.29 is 0 Å². The van der Waals surface area contributed by atoms with Crippen molar-refractivity contribution in [1.82, 2.24) is 4.72 Å². The summed E-state index contributed by atoms with van der Waals surface area (Å²) in [5.74, 6) is 0. The number of thiol groups is 1. The average molecular weight is 181 g/mol. The molecule has 0 bridgehead atoms. The van der Waals surface area contributed by atoms with Gasteiger partial charge in [-0.25, -0.2) is 0 Å². The van der Waals surface area contributed by atoms with Crippen molar-refractivity contribution >= 4 is 12.8 Å². The van der Waals surface area contributed by atoms with Gasteiger partial charge < -0.3 is 0 Å². The lowest BCUT2D eigenvalue weighted by atomic mass is 10.0. The fourth-order valence-corrected chi connectivity index (χ4v) is 1.56. The molecule has 1 unspecified atom stereocenters. The van der Waals surface area contributed by atoms with E-state index in [1.165, 1.54) is 12.0 Å². The quantitative estimate of drug-likeness (QED) is 0.680.